The number of nitrogens with zero attached hydrogens (tertiary/aromatic N) is 4. The minimum Gasteiger partial charge on any atom is -0.383 e. The number of carbonyl (C=O) groups is 1. The fraction of sp³-hybridized carbons (Fsp3) is 0.409. The van der Waals surface area contributed by atoms with Crippen LogP contribution in [0.5, 0.6) is 0 Å². The molecule has 1 saturated heterocycles. The van der Waals surface area contributed by atoms with E-state index in [4.69, 9.17) is 14.5 Å². The Hall–Kier alpha value is -2.20. The number of aromatic nitrogens is 2. The number of ether oxygens (including phenoxy) is 2. The quantitative estimate of drug-likeness (QED) is 0.478. The summed E-state index contributed by atoms with van der Waals surface area (Å²) < 4.78 is 10.8. The zero-order valence-electron chi connectivity index (χ0n) is 17.7. The fourth-order valence-corrected chi connectivity index (χ4v) is 4.63. The van der Waals surface area contributed by atoms with Gasteiger partial charge in [-0.25, -0.2) is 4.98 Å². The number of hydrogen-bond donors (Lipinski definition) is 0. The molecule has 0 unspecified atom stereocenters. The number of amides is 1. The first-order chi connectivity index (χ1) is 15.2. The van der Waals surface area contributed by atoms with Gasteiger partial charge in [0.1, 0.15) is 10.7 Å². The first-order valence-electron chi connectivity index (χ1n) is 10.2. The average molecular weight is 459 g/mol. The van der Waals surface area contributed by atoms with Crippen LogP contribution >= 0.6 is 23.1 Å². The van der Waals surface area contributed by atoms with Crippen LogP contribution in [0.1, 0.15) is 15.2 Å². The van der Waals surface area contributed by atoms with E-state index in [9.17, 15) is 4.79 Å². The van der Waals surface area contributed by atoms with Gasteiger partial charge in [-0.2, -0.15) is 0 Å². The zero-order chi connectivity index (χ0) is 21.6. The first-order valence-corrected chi connectivity index (χ1v) is 12.3. The van der Waals surface area contributed by atoms with E-state index >= 15 is 0 Å². The number of morpholine rings is 1. The third kappa shape index (κ3) is 5.17. The van der Waals surface area contributed by atoms with Crippen LogP contribution in [-0.4, -0.2) is 73.6 Å². The summed E-state index contributed by atoms with van der Waals surface area (Å²) in [5, 5.41) is 1.07. The Morgan fingerprint density at radius 1 is 1.32 bits per heavy atom. The van der Waals surface area contributed by atoms with Crippen LogP contribution in [0.15, 0.2) is 40.9 Å². The number of hydrogen-bond acceptors (Lipinski definition) is 8. The standard InChI is InChI=1S/C22H26N4O3S2/c1-28-8-5-26(22(27)20-13-23-15-31-20)14-17-11-16-3-4-18(30-2)12-19(16)24-21(17)25-6-9-29-10-7-25/h3-4,11-13,15H,5-10,14H2,1-2H3. The lowest BCUT2D eigenvalue weighted by Crippen LogP contribution is -2.38. The number of methoxy groups -OCH3 is 1. The molecule has 31 heavy (non-hydrogen) atoms. The van der Waals surface area contributed by atoms with Crippen LogP contribution in [-0.2, 0) is 16.0 Å². The molecule has 3 aromatic rings. The molecular formula is C22H26N4O3S2. The summed E-state index contributed by atoms with van der Waals surface area (Å²) in [5.74, 6) is 0.888. The van der Waals surface area contributed by atoms with Gasteiger partial charge in [-0.1, -0.05) is 6.07 Å². The molecular weight excluding hydrogens is 432 g/mol. The maximum Gasteiger partial charge on any atom is 0.265 e. The van der Waals surface area contributed by atoms with Crippen LogP contribution in [0.2, 0.25) is 0 Å². The van der Waals surface area contributed by atoms with Gasteiger partial charge < -0.3 is 19.3 Å². The van der Waals surface area contributed by atoms with Crippen LogP contribution in [0.3, 0.4) is 0 Å². The molecule has 0 radical (unpaired) electrons. The minimum absolute atomic E-state index is 0.0368. The number of thiazole rings is 1. The van der Waals surface area contributed by atoms with Gasteiger partial charge in [-0.15, -0.1) is 23.1 Å². The summed E-state index contributed by atoms with van der Waals surface area (Å²) in [7, 11) is 1.65. The third-order valence-corrected chi connectivity index (χ3v) is 6.73. The van der Waals surface area contributed by atoms with E-state index in [2.05, 4.69) is 40.4 Å². The van der Waals surface area contributed by atoms with E-state index in [1.54, 1.807) is 30.6 Å². The van der Waals surface area contributed by atoms with Gasteiger partial charge in [0.2, 0.25) is 0 Å². The van der Waals surface area contributed by atoms with E-state index in [0.29, 0.717) is 37.8 Å². The van der Waals surface area contributed by atoms with E-state index in [0.717, 1.165) is 35.4 Å². The Morgan fingerprint density at radius 3 is 2.87 bits per heavy atom. The Kier molecular flexibility index (Phi) is 7.39. The van der Waals surface area contributed by atoms with Crippen molar-refractivity contribution in [1.82, 2.24) is 14.9 Å². The second kappa shape index (κ2) is 10.4. The highest BCUT2D eigenvalue weighted by atomic mass is 32.2. The van der Waals surface area contributed by atoms with Crippen molar-refractivity contribution in [1.29, 1.82) is 0 Å². The molecule has 1 aliphatic rings. The van der Waals surface area contributed by atoms with Gasteiger partial charge in [0.25, 0.3) is 5.91 Å². The highest BCUT2D eigenvalue weighted by Gasteiger charge is 2.23. The van der Waals surface area contributed by atoms with Crippen molar-refractivity contribution in [2.75, 3.05) is 57.7 Å². The molecule has 1 aliphatic heterocycles. The minimum atomic E-state index is -0.0368. The lowest BCUT2D eigenvalue weighted by molar-refractivity contribution is 0.0684. The van der Waals surface area contributed by atoms with Crippen LogP contribution < -0.4 is 4.90 Å². The molecule has 0 saturated carbocycles. The van der Waals surface area contributed by atoms with Gasteiger partial charge in [-0.3, -0.25) is 9.78 Å². The summed E-state index contributed by atoms with van der Waals surface area (Å²) in [6.07, 6.45) is 3.69. The summed E-state index contributed by atoms with van der Waals surface area (Å²) in [5.41, 5.74) is 3.68. The molecule has 9 heteroatoms. The highest BCUT2D eigenvalue weighted by Crippen LogP contribution is 2.29. The number of thioether (sulfide) groups is 1. The molecule has 0 spiro atoms. The molecule has 0 bridgehead atoms. The number of pyridine rings is 1. The molecule has 0 aliphatic carbocycles. The van der Waals surface area contributed by atoms with Crippen molar-refractivity contribution >= 4 is 45.7 Å². The van der Waals surface area contributed by atoms with Crippen molar-refractivity contribution in [3.8, 4) is 0 Å². The predicted octanol–water partition coefficient (Wildman–Crippen LogP) is 3.54. The summed E-state index contributed by atoms with van der Waals surface area (Å²) in [6, 6.07) is 8.50. The molecule has 4 rings (SSSR count). The maximum absolute atomic E-state index is 13.1. The Balaban J connectivity index is 1.72. The lowest BCUT2D eigenvalue weighted by Gasteiger charge is -2.31. The number of carbonyl (C=O) groups excluding carboxylic acids is 1. The van der Waals surface area contributed by atoms with Gasteiger partial charge in [0, 0.05) is 49.1 Å². The first kappa shape index (κ1) is 22.0. The number of fused-ring (bicyclic) bond motifs is 1. The van der Waals surface area contributed by atoms with Gasteiger partial charge in [0.05, 0.1) is 37.0 Å². The molecule has 164 valence electrons. The molecule has 1 amide bonds. The van der Waals surface area contributed by atoms with Crippen LogP contribution in [0, 0.1) is 0 Å². The van der Waals surface area contributed by atoms with E-state index in [-0.39, 0.29) is 5.91 Å². The zero-order valence-corrected chi connectivity index (χ0v) is 19.4. The van der Waals surface area contributed by atoms with E-state index in [1.807, 2.05) is 4.90 Å². The van der Waals surface area contributed by atoms with Crippen LogP contribution in [0.25, 0.3) is 10.9 Å². The molecule has 3 heterocycles. The topological polar surface area (TPSA) is 67.8 Å². The van der Waals surface area contributed by atoms with Crippen molar-refractivity contribution in [3.63, 3.8) is 0 Å². The molecule has 7 nitrogen and oxygen atoms in total. The van der Waals surface area contributed by atoms with Crippen molar-refractivity contribution < 1.29 is 14.3 Å². The van der Waals surface area contributed by atoms with E-state index < -0.39 is 0 Å². The SMILES string of the molecule is COCCN(Cc1cc2ccc(SC)cc2nc1N1CCOCC1)C(=O)c1cncs1. The van der Waals surface area contributed by atoms with Gasteiger partial charge in [-0.05, 0) is 24.5 Å². The second-order valence-corrected chi connectivity index (χ2v) is 8.98. The van der Waals surface area contributed by atoms with E-state index in [1.165, 1.54) is 16.2 Å². The number of anilines is 1. The van der Waals surface area contributed by atoms with Crippen LogP contribution in [0.4, 0.5) is 5.82 Å². The maximum atomic E-state index is 13.1. The van der Waals surface area contributed by atoms with Crippen molar-refractivity contribution in [3.05, 3.63) is 46.4 Å². The lowest BCUT2D eigenvalue weighted by atomic mass is 10.1. The summed E-state index contributed by atoms with van der Waals surface area (Å²) in [4.78, 5) is 28.1. The Bertz CT molecular complexity index is 1020. The molecule has 0 atom stereocenters. The van der Waals surface area contributed by atoms with Crippen molar-refractivity contribution in [2.45, 2.75) is 11.4 Å². The Labute approximate surface area is 190 Å². The Morgan fingerprint density at radius 2 is 2.16 bits per heavy atom. The van der Waals surface area contributed by atoms with Gasteiger partial charge >= 0.3 is 0 Å². The second-order valence-electron chi connectivity index (χ2n) is 7.21. The third-order valence-electron chi connectivity index (χ3n) is 5.25. The molecule has 0 N–H and O–H groups in total. The smallest absolute Gasteiger partial charge is 0.265 e. The highest BCUT2D eigenvalue weighted by molar-refractivity contribution is 7.98. The average Bonchev–Trinajstić information content (AvgIpc) is 3.36. The normalized spacial score (nSPS) is 14.2. The van der Waals surface area contributed by atoms with Crippen molar-refractivity contribution in [2.24, 2.45) is 0 Å². The number of benzene rings is 1. The van der Waals surface area contributed by atoms with Gasteiger partial charge in [0.15, 0.2) is 0 Å². The largest absolute Gasteiger partial charge is 0.383 e. The predicted molar refractivity (Wildman–Crippen MR) is 125 cm³/mol. The summed E-state index contributed by atoms with van der Waals surface area (Å²) in [6.45, 7) is 4.35. The molecule has 2 aromatic heterocycles. The monoisotopic (exact) mass is 458 g/mol. The molecule has 1 fully saturated rings. The molecule has 1 aromatic carbocycles. The summed E-state index contributed by atoms with van der Waals surface area (Å²) >= 11 is 3.06. The fourth-order valence-electron chi connectivity index (χ4n) is 3.61. The number of rotatable bonds is 8.